The number of rotatable bonds is 5. The molecule has 4 aromatic rings. The molecule has 1 aliphatic heterocycles. The van der Waals surface area contributed by atoms with Gasteiger partial charge >= 0.3 is 0 Å². The Balaban J connectivity index is 1.60. The quantitative estimate of drug-likeness (QED) is 0.535. The van der Waals surface area contributed by atoms with Crippen LogP contribution >= 0.6 is 0 Å². The molecule has 1 aliphatic rings. The fraction of sp³-hybridized carbons (Fsp3) is 0.208. The largest absolute Gasteiger partial charge is 0.493 e. The van der Waals surface area contributed by atoms with Gasteiger partial charge < -0.3 is 23.8 Å². The molecule has 0 unspecified atom stereocenters. The number of hydrogen-bond acceptors (Lipinski definition) is 4. The van der Waals surface area contributed by atoms with E-state index in [1.54, 1.807) is 21.3 Å². The Kier molecular flexibility index (Phi) is 4.47. The van der Waals surface area contributed by atoms with Crippen LogP contribution in [0.1, 0.15) is 11.3 Å². The predicted molar refractivity (Wildman–Crippen MR) is 118 cm³/mol. The summed E-state index contributed by atoms with van der Waals surface area (Å²) in [4.78, 5) is 8.35. The second-order valence-corrected chi connectivity index (χ2v) is 7.22. The molecule has 152 valence electrons. The van der Waals surface area contributed by atoms with Crippen molar-refractivity contribution in [1.82, 2.24) is 9.55 Å². The Bertz CT molecular complexity index is 1210. The summed E-state index contributed by atoms with van der Waals surface area (Å²) in [5.74, 6) is 1.82. The number of ether oxygens (including phenoxy) is 3. The summed E-state index contributed by atoms with van der Waals surface area (Å²) in [5, 5.41) is 1.20. The minimum absolute atomic E-state index is 0.578. The van der Waals surface area contributed by atoms with Gasteiger partial charge in [-0.05, 0) is 30.3 Å². The van der Waals surface area contributed by atoms with E-state index < -0.39 is 0 Å². The Morgan fingerprint density at radius 2 is 1.67 bits per heavy atom. The molecule has 0 radical (unpaired) electrons. The highest BCUT2D eigenvalue weighted by Gasteiger charge is 2.22. The van der Waals surface area contributed by atoms with Crippen molar-refractivity contribution in [1.29, 1.82) is 0 Å². The molecular weight excluding hydrogens is 378 g/mol. The van der Waals surface area contributed by atoms with E-state index in [0.29, 0.717) is 17.2 Å². The Morgan fingerprint density at radius 3 is 2.37 bits per heavy atom. The molecule has 0 atom stereocenters. The van der Waals surface area contributed by atoms with Crippen LogP contribution in [0.15, 0.2) is 59.7 Å². The predicted octanol–water partition coefficient (Wildman–Crippen LogP) is 4.51. The van der Waals surface area contributed by atoms with E-state index in [0.717, 1.165) is 46.8 Å². The lowest BCUT2D eigenvalue weighted by molar-refractivity contribution is 0.324. The van der Waals surface area contributed by atoms with Crippen LogP contribution in [0.2, 0.25) is 0 Å². The maximum Gasteiger partial charge on any atom is 0.203 e. The number of para-hydroxylation sites is 1. The van der Waals surface area contributed by atoms with Gasteiger partial charge in [-0.2, -0.15) is 0 Å². The Labute approximate surface area is 174 Å². The summed E-state index contributed by atoms with van der Waals surface area (Å²) in [7, 11) is 4.86. The van der Waals surface area contributed by atoms with Crippen LogP contribution in [0.3, 0.4) is 0 Å². The number of aromatic nitrogens is 2. The number of aromatic amines is 1. The van der Waals surface area contributed by atoms with Gasteiger partial charge in [-0.25, -0.2) is 0 Å². The van der Waals surface area contributed by atoms with Gasteiger partial charge in [-0.3, -0.25) is 4.99 Å². The highest BCUT2D eigenvalue weighted by atomic mass is 16.5. The number of aliphatic imine (C=N–C) groups is 1. The standard InChI is InChI=1S/C24H23N3O3/c1-28-21-12-16(13-22(29-2)24(21)30-3)23-20-11-17(14-27(20)9-8-25-23)19-10-15-6-4-5-7-18(15)26-19/h4-7,10-14,26H,8-9H2,1-3H3. The van der Waals surface area contributed by atoms with Crippen LogP contribution in [0.25, 0.3) is 22.2 Å². The first-order valence-corrected chi connectivity index (χ1v) is 9.85. The minimum Gasteiger partial charge on any atom is -0.493 e. The van der Waals surface area contributed by atoms with E-state index in [4.69, 9.17) is 19.2 Å². The number of H-pyrrole nitrogens is 1. The second-order valence-electron chi connectivity index (χ2n) is 7.22. The molecule has 0 spiro atoms. The van der Waals surface area contributed by atoms with Gasteiger partial charge in [0.25, 0.3) is 0 Å². The smallest absolute Gasteiger partial charge is 0.203 e. The lowest BCUT2D eigenvalue weighted by Crippen LogP contribution is -2.18. The maximum atomic E-state index is 5.53. The van der Waals surface area contributed by atoms with Crippen LogP contribution < -0.4 is 14.2 Å². The monoisotopic (exact) mass is 401 g/mol. The second kappa shape index (κ2) is 7.30. The van der Waals surface area contributed by atoms with Crippen molar-refractivity contribution < 1.29 is 14.2 Å². The summed E-state index contributed by atoms with van der Waals surface area (Å²) < 4.78 is 18.8. The van der Waals surface area contributed by atoms with Crippen molar-refractivity contribution in [3.05, 3.63) is 66.0 Å². The molecule has 0 aliphatic carbocycles. The number of fused-ring (bicyclic) bond motifs is 2. The van der Waals surface area contributed by atoms with Gasteiger partial charge in [0.15, 0.2) is 11.5 Å². The molecule has 0 bridgehead atoms. The third-order valence-corrected chi connectivity index (χ3v) is 5.53. The lowest BCUT2D eigenvalue weighted by atomic mass is 10.0. The van der Waals surface area contributed by atoms with E-state index in [9.17, 15) is 0 Å². The molecule has 6 nitrogen and oxygen atoms in total. The molecule has 6 heteroatoms. The molecule has 0 fully saturated rings. The number of nitrogens with zero attached hydrogens (tertiary/aromatic N) is 2. The summed E-state index contributed by atoms with van der Waals surface area (Å²) >= 11 is 0. The van der Waals surface area contributed by atoms with Gasteiger partial charge in [-0.1, -0.05) is 18.2 Å². The highest BCUT2D eigenvalue weighted by molar-refractivity contribution is 6.13. The van der Waals surface area contributed by atoms with Crippen LogP contribution in [0.5, 0.6) is 17.2 Å². The zero-order valence-electron chi connectivity index (χ0n) is 17.2. The highest BCUT2D eigenvalue weighted by Crippen LogP contribution is 2.39. The summed E-state index contributed by atoms with van der Waals surface area (Å²) in [6.45, 7) is 1.57. The number of nitrogens with one attached hydrogen (secondary N) is 1. The fourth-order valence-electron chi connectivity index (χ4n) is 4.08. The summed E-state index contributed by atoms with van der Waals surface area (Å²) in [6, 6.07) is 16.6. The molecule has 0 amide bonds. The van der Waals surface area contributed by atoms with Crippen molar-refractivity contribution in [2.45, 2.75) is 6.54 Å². The Morgan fingerprint density at radius 1 is 0.900 bits per heavy atom. The van der Waals surface area contributed by atoms with Crippen molar-refractivity contribution in [2.24, 2.45) is 4.99 Å². The zero-order valence-corrected chi connectivity index (χ0v) is 17.2. The average molecular weight is 401 g/mol. The molecule has 1 N–H and O–H groups in total. The maximum absolute atomic E-state index is 5.53. The normalized spacial score (nSPS) is 13.1. The molecular formula is C24H23N3O3. The van der Waals surface area contributed by atoms with Crippen molar-refractivity contribution in [2.75, 3.05) is 27.9 Å². The first-order valence-electron chi connectivity index (χ1n) is 9.85. The van der Waals surface area contributed by atoms with Crippen LogP contribution in [-0.4, -0.2) is 43.1 Å². The summed E-state index contributed by atoms with van der Waals surface area (Å²) in [6.07, 6.45) is 2.19. The molecule has 2 aromatic heterocycles. The van der Waals surface area contributed by atoms with E-state index in [1.807, 2.05) is 18.2 Å². The van der Waals surface area contributed by atoms with Crippen molar-refractivity contribution >= 4 is 16.6 Å². The third kappa shape index (κ3) is 2.92. The number of benzene rings is 2. The Hall–Kier alpha value is -3.67. The van der Waals surface area contributed by atoms with Gasteiger partial charge in [0.1, 0.15) is 0 Å². The van der Waals surface area contributed by atoms with Crippen LogP contribution in [0.4, 0.5) is 0 Å². The van der Waals surface area contributed by atoms with Gasteiger partial charge in [-0.15, -0.1) is 0 Å². The van der Waals surface area contributed by atoms with Crippen molar-refractivity contribution in [3.63, 3.8) is 0 Å². The van der Waals surface area contributed by atoms with Gasteiger partial charge in [0.05, 0.1) is 39.3 Å². The van der Waals surface area contributed by atoms with E-state index >= 15 is 0 Å². The number of hydrogen-bond donors (Lipinski definition) is 1. The average Bonchev–Trinajstić information content (AvgIpc) is 3.41. The first kappa shape index (κ1) is 18.4. The van der Waals surface area contributed by atoms with Crippen LogP contribution in [0, 0.1) is 0 Å². The van der Waals surface area contributed by atoms with E-state index in [1.165, 1.54) is 5.39 Å². The lowest BCUT2D eigenvalue weighted by Gasteiger charge is -2.19. The molecule has 3 heterocycles. The number of methoxy groups -OCH3 is 3. The van der Waals surface area contributed by atoms with E-state index in [-0.39, 0.29) is 0 Å². The molecule has 2 aromatic carbocycles. The van der Waals surface area contributed by atoms with Gasteiger partial charge in [0, 0.05) is 40.5 Å². The van der Waals surface area contributed by atoms with Gasteiger partial charge in [0.2, 0.25) is 5.75 Å². The van der Waals surface area contributed by atoms with Crippen molar-refractivity contribution in [3.8, 4) is 28.5 Å². The minimum atomic E-state index is 0.578. The summed E-state index contributed by atoms with van der Waals surface area (Å²) in [5.41, 5.74) is 6.31. The fourth-order valence-corrected chi connectivity index (χ4v) is 4.08. The first-order chi connectivity index (χ1) is 14.7. The third-order valence-electron chi connectivity index (χ3n) is 5.53. The molecule has 0 saturated carbocycles. The molecule has 0 saturated heterocycles. The van der Waals surface area contributed by atoms with E-state index in [2.05, 4.69) is 46.1 Å². The molecule has 30 heavy (non-hydrogen) atoms. The topological polar surface area (TPSA) is 60.8 Å². The SMILES string of the molecule is COc1cc(C2=NCCn3cc(-c4cc5ccccc5[nH]4)cc32)cc(OC)c1OC. The zero-order chi connectivity index (χ0) is 20.7. The van der Waals surface area contributed by atoms with Crippen LogP contribution in [-0.2, 0) is 6.54 Å². The molecule has 5 rings (SSSR count).